The number of carbonyl (C=O) groups excluding carboxylic acids is 1. The monoisotopic (exact) mass is 159 g/mol. The average Bonchev–Trinajstić information content (AvgIpc) is 2.00. The third kappa shape index (κ3) is 5.70. The number of hydrogen-bond acceptors (Lipinski definition) is 3. The van der Waals surface area contributed by atoms with Crippen molar-refractivity contribution in [1.82, 2.24) is 0 Å². The molecule has 0 aromatic rings. The molecule has 0 saturated heterocycles. The lowest BCUT2D eigenvalue weighted by molar-refractivity contribution is 0.0327. The molecule has 3 nitrogen and oxygen atoms in total. The minimum atomic E-state index is -0.586. The van der Waals surface area contributed by atoms with Crippen LogP contribution in [0, 0.1) is 6.42 Å². The molecule has 0 aromatic carbocycles. The summed E-state index contributed by atoms with van der Waals surface area (Å²) in [6, 6.07) is 0. The van der Waals surface area contributed by atoms with E-state index in [0.717, 1.165) is 6.42 Å². The van der Waals surface area contributed by atoms with Crippen LogP contribution >= 0.6 is 0 Å². The average molecular weight is 159 g/mol. The van der Waals surface area contributed by atoms with Gasteiger partial charge in [0.05, 0.1) is 6.61 Å². The zero-order valence-electron chi connectivity index (χ0n) is 7.29. The maximum atomic E-state index is 10.7. The zero-order valence-corrected chi connectivity index (χ0v) is 7.29. The largest absolute Gasteiger partial charge is 0.508 e. The van der Waals surface area contributed by atoms with Gasteiger partial charge in [-0.25, -0.2) is 4.79 Å². The van der Waals surface area contributed by atoms with Gasteiger partial charge in [0.1, 0.15) is 6.10 Å². The van der Waals surface area contributed by atoms with E-state index in [-0.39, 0.29) is 6.10 Å². The van der Waals surface area contributed by atoms with Crippen LogP contribution in [0.25, 0.3) is 0 Å². The molecule has 0 amide bonds. The van der Waals surface area contributed by atoms with Crippen molar-refractivity contribution in [2.75, 3.05) is 6.61 Å². The van der Waals surface area contributed by atoms with Gasteiger partial charge in [-0.1, -0.05) is 13.8 Å². The van der Waals surface area contributed by atoms with Crippen molar-refractivity contribution in [2.45, 2.75) is 33.3 Å². The van der Waals surface area contributed by atoms with E-state index in [1.54, 1.807) is 6.42 Å². The van der Waals surface area contributed by atoms with Crippen LogP contribution in [0.15, 0.2) is 0 Å². The van der Waals surface area contributed by atoms with Crippen molar-refractivity contribution in [3.8, 4) is 0 Å². The molecule has 65 valence electrons. The molecule has 0 unspecified atom stereocenters. The van der Waals surface area contributed by atoms with Gasteiger partial charge < -0.3 is 9.47 Å². The smallest absolute Gasteiger partial charge is 0.434 e. The minimum Gasteiger partial charge on any atom is -0.434 e. The number of hydrogen-bond donors (Lipinski definition) is 0. The highest BCUT2D eigenvalue weighted by atomic mass is 16.7. The van der Waals surface area contributed by atoms with E-state index in [1.807, 2.05) is 20.8 Å². The van der Waals surface area contributed by atoms with Crippen LogP contribution in [0.3, 0.4) is 0 Å². The molecule has 0 aliphatic rings. The van der Waals surface area contributed by atoms with Crippen molar-refractivity contribution < 1.29 is 14.3 Å². The first-order valence-electron chi connectivity index (χ1n) is 3.82. The van der Waals surface area contributed by atoms with E-state index >= 15 is 0 Å². The van der Waals surface area contributed by atoms with Gasteiger partial charge in [-0.2, -0.15) is 0 Å². The van der Waals surface area contributed by atoms with Gasteiger partial charge >= 0.3 is 6.16 Å². The van der Waals surface area contributed by atoms with Crippen LogP contribution in [-0.4, -0.2) is 18.9 Å². The van der Waals surface area contributed by atoms with Crippen LogP contribution in [0.1, 0.15) is 27.2 Å². The van der Waals surface area contributed by atoms with Gasteiger partial charge in [0.15, 0.2) is 0 Å². The molecule has 0 spiro atoms. The normalized spacial score (nSPS) is 12.3. The lowest BCUT2D eigenvalue weighted by Gasteiger charge is -2.09. The molecule has 0 aromatic heterocycles. The van der Waals surface area contributed by atoms with E-state index in [4.69, 9.17) is 4.74 Å². The van der Waals surface area contributed by atoms with Gasteiger partial charge in [0, 0.05) is 0 Å². The molecule has 0 saturated carbocycles. The molecule has 0 N–H and O–H groups in total. The van der Waals surface area contributed by atoms with E-state index < -0.39 is 6.16 Å². The number of ether oxygens (including phenoxy) is 2. The van der Waals surface area contributed by atoms with Gasteiger partial charge in [0.2, 0.25) is 0 Å². The highest BCUT2D eigenvalue weighted by molar-refractivity contribution is 5.60. The lowest BCUT2D eigenvalue weighted by Crippen LogP contribution is -2.15. The molecule has 11 heavy (non-hydrogen) atoms. The van der Waals surface area contributed by atoms with Crippen LogP contribution < -0.4 is 0 Å². The molecular weight excluding hydrogens is 144 g/mol. The Morgan fingerprint density at radius 1 is 1.64 bits per heavy atom. The van der Waals surface area contributed by atoms with E-state index in [9.17, 15) is 4.79 Å². The fraction of sp³-hybridized carbons (Fsp3) is 0.750. The fourth-order valence-corrected chi connectivity index (χ4v) is 0.433. The molecule has 3 heteroatoms. The Kier molecular flexibility index (Phi) is 5.61. The zero-order chi connectivity index (χ0) is 8.69. The highest BCUT2D eigenvalue weighted by Crippen LogP contribution is 1.98. The maximum Gasteiger partial charge on any atom is 0.508 e. The van der Waals surface area contributed by atoms with Gasteiger partial charge in [-0.3, -0.25) is 0 Å². The fourth-order valence-electron chi connectivity index (χ4n) is 0.433. The SMILES string of the molecule is C[CH]COC(=O)O[C@@H](C)CC. The summed E-state index contributed by atoms with van der Waals surface area (Å²) in [5.41, 5.74) is 0. The predicted octanol–water partition coefficient (Wildman–Crippen LogP) is 2.16. The Morgan fingerprint density at radius 2 is 2.27 bits per heavy atom. The summed E-state index contributed by atoms with van der Waals surface area (Å²) in [5.74, 6) is 0. The summed E-state index contributed by atoms with van der Waals surface area (Å²) in [7, 11) is 0. The molecule has 1 atom stereocenters. The van der Waals surface area contributed by atoms with Crippen molar-refractivity contribution in [3.63, 3.8) is 0 Å². The Morgan fingerprint density at radius 3 is 2.73 bits per heavy atom. The number of rotatable bonds is 4. The molecule has 0 rings (SSSR count). The van der Waals surface area contributed by atoms with Gasteiger partial charge in [-0.05, 0) is 19.8 Å². The second kappa shape index (κ2) is 6.01. The van der Waals surface area contributed by atoms with E-state index in [2.05, 4.69) is 4.74 Å². The Hall–Kier alpha value is -0.730. The second-order valence-electron chi connectivity index (χ2n) is 2.31. The molecule has 0 aliphatic carbocycles. The summed E-state index contributed by atoms with van der Waals surface area (Å²) < 4.78 is 9.47. The van der Waals surface area contributed by atoms with Crippen molar-refractivity contribution in [3.05, 3.63) is 6.42 Å². The Labute approximate surface area is 67.7 Å². The second-order valence-corrected chi connectivity index (χ2v) is 2.31. The van der Waals surface area contributed by atoms with E-state index in [1.165, 1.54) is 0 Å². The van der Waals surface area contributed by atoms with Crippen molar-refractivity contribution >= 4 is 6.16 Å². The van der Waals surface area contributed by atoms with Crippen LogP contribution in [0.2, 0.25) is 0 Å². The molecule has 0 bridgehead atoms. The van der Waals surface area contributed by atoms with Gasteiger partial charge in [-0.15, -0.1) is 0 Å². The third-order valence-corrected chi connectivity index (χ3v) is 1.24. The van der Waals surface area contributed by atoms with Crippen molar-refractivity contribution in [1.29, 1.82) is 0 Å². The molecule has 1 radical (unpaired) electrons. The molecule has 0 aliphatic heterocycles. The highest BCUT2D eigenvalue weighted by Gasteiger charge is 2.06. The van der Waals surface area contributed by atoms with Crippen LogP contribution in [-0.2, 0) is 9.47 Å². The summed E-state index contributed by atoms with van der Waals surface area (Å²) in [6.45, 7) is 5.91. The quantitative estimate of drug-likeness (QED) is 0.589. The first-order chi connectivity index (χ1) is 5.20. The summed E-state index contributed by atoms with van der Waals surface area (Å²) in [6.07, 6.45) is 1.92. The lowest BCUT2D eigenvalue weighted by atomic mass is 10.3. The van der Waals surface area contributed by atoms with E-state index in [0.29, 0.717) is 6.61 Å². The molecule has 0 fully saturated rings. The van der Waals surface area contributed by atoms with Crippen LogP contribution in [0.4, 0.5) is 4.79 Å². The first kappa shape index (κ1) is 10.3. The minimum absolute atomic E-state index is 0.0562. The molecular formula is C8H15O3. The first-order valence-corrected chi connectivity index (χ1v) is 3.82. The summed E-state index contributed by atoms with van der Waals surface area (Å²) in [5, 5.41) is 0. The van der Waals surface area contributed by atoms with Crippen LogP contribution in [0.5, 0.6) is 0 Å². The standard InChI is InChI=1S/C8H15O3/c1-4-6-10-8(9)11-7(3)5-2/h4,7H,5-6H2,1-3H3/t7-/m0/s1. The topological polar surface area (TPSA) is 35.5 Å². The molecule has 0 heterocycles. The summed E-state index contributed by atoms with van der Waals surface area (Å²) >= 11 is 0. The number of carbonyl (C=O) groups is 1. The predicted molar refractivity (Wildman–Crippen MR) is 42.2 cm³/mol. The summed E-state index contributed by atoms with van der Waals surface area (Å²) in [4.78, 5) is 10.7. The maximum absolute atomic E-state index is 10.7. The van der Waals surface area contributed by atoms with Gasteiger partial charge in [0.25, 0.3) is 0 Å². The Balaban J connectivity index is 3.36. The third-order valence-electron chi connectivity index (χ3n) is 1.24. The van der Waals surface area contributed by atoms with Crippen molar-refractivity contribution in [2.24, 2.45) is 0 Å². The Bertz CT molecular complexity index is 112.